The summed E-state index contributed by atoms with van der Waals surface area (Å²) < 4.78 is 75.7. The van der Waals surface area contributed by atoms with Gasteiger partial charge in [0.1, 0.15) is 6.29 Å². The second-order valence-electron chi connectivity index (χ2n) is 4.68. The Labute approximate surface area is 118 Å². The van der Waals surface area contributed by atoms with Crippen LogP contribution in [0.4, 0.5) is 26.3 Å². The van der Waals surface area contributed by atoms with Crippen molar-refractivity contribution >= 4 is 6.29 Å². The molecule has 0 heterocycles. The van der Waals surface area contributed by atoms with Crippen LogP contribution >= 0.6 is 0 Å². The highest BCUT2D eigenvalue weighted by molar-refractivity contribution is 5.48. The first-order valence-corrected chi connectivity index (χ1v) is 6.36. The van der Waals surface area contributed by atoms with Gasteiger partial charge in [-0.3, -0.25) is 0 Å². The van der Waals surface area contributed by atoms with E-state index in [1.54, 1.807) is 0 Å². The molecule has 0 amide bonds. The van der Waals surface area contributed by atoms with Crippen molar-refractivity contribution < 1.29 is 31.1 Å². The number of aldehydes is 1. The van der Waals surface area contributed by atoms with Crippen molar-refractivity contribution in [3.63, 3.8) is 0 Å². The average molecular weight is 312 g/mol. The lowest BCUT2D eigenvalue weighted by molar-refractivity contribution is -0.143. The Morgan fingerprint density at radius 3 is 1.76 bits per heavy atom. The first-order valence-electron chi connectivity index (χ1n) is 6.36. The van der Waals surface area contributed by atoms with Crippen LogP contribution in [0.5, 0.6) is 0 Å². The molecule has 1 aromatic rings. The second kappa shape index (κ2) is 6.95. The molecule has 0 atom stereocenters. The van der Waals surface area contributed by atoms with Crippen molar-refractivity contribution in [2.45, 2.75) is 44.5 Å². The van der Waals surface area contributed by atoms with Gasteiger partial charge in [0, 0.05) is 6.42 Å². The van der Waals surface area contributed by atoms with Crippen molar-refractivity contribution in [1.82, 2.24) is 0 Å². The third kappa shape index (κ3) is 5.77. The minimum Gasteiger partial charge on any atom is -0.303 e. The minimum absolute atomic E-state index is 0.00301. The quantitative estimate of drug-likeness (QED) is 0.409. The van der Waals surface area contributed by atoms with E-state index in [1.807, 2.05) is 0 Å². The van der Waals surface area contributed by atoms with E-state index >= 15 is 0 Å². The zero-order chi connectivity index (χ0) is 16.1. The van der Waals surface area contributed by atoms with Crippen LogP contribution in [0.25, 0.3) is 0 Å². The standard InChI is InChI=1S/C14H14F6O/c15-13(16,17)11-7-10(5-3-1-2-4-6-21)8-12(9-11)14(18,19)20/h6-9H,1-5H2. The summed E-state index contributed by atoms with van der Waals surface area (Å²) in [5.74, 6) is 0. The van der Waals surface area contributed by atoms with Crippen molar-refractivity contribution in [2.24, 2.45) is 0 Å². The summed E-state index contributed by atoms with van der Waals surface area (Å²) in [6.45, 7) is 0. The van der Waals surface area contributed by atoms with Gasteiger partial charge in [0.15, 0.2) is 0 Å². The van der Waals surface area contributed by atoms with Crippen LogP contribution in [0.15, 0.2) is 18.2 Å². The molecule has 0 saturated heterocycles. The van der Waals surface area contributed by atoms with Gasteiger partial charge in [-0.15, -0.1) is 0 Å². The molecular weight excluding hydrogens is 298 g/mol. The van der Waals surface area contributed by atoms with E-state index in [2.05, 4.69) is 0 Å². The fourth-order valence-electron chi connectivity index (χ4n) is 1.90. The SMILES string of the molecule is O=CCCCCCc1cc(C(F)(F)F)cc(C(F)(F)F)c1. The molecule has 0 saturated carbocycles. The number of aryl methyl sites for hydroxylation is 1. The molecule has 118 valence electrons. The molecule has 0 N–H and O–H groups in total. The molecule has 0 aliphatic carbocycles. The highest BCUT2D eigenvalue weighted by Gasteiger charge is 2.36. The zero-order valence-corrected chi connectivity index (χ0v) is 11.0. The molecule has 0 fully saturated rings. The number of unbranched alkanes of at least 4 members (excludes halogenated alkanes) is 3. The summed E-state index contributed by atoms with van der Waals surface area (Å²) in [5.41, 5.74) is -2.58. The molecule has 1 rings (SSSR count). The Bertz CT molecular complexity index is 443. The Kier molecular flexibility index (Phi) is 5.80. The maximum atomic E-state index is 12.6. The van der Waals surface area contributed by atoms with Crippen molar-refractivity contribution in [3.05, 3.63) is 34.9 Å². The molecule has 0 bridgehead atoms. The van der Waals surface area contributed by atoms with Crippen LogP contribution in [0.2, 0.25) is 0 Å². The fourth-order valence-corrected chi connectivity index (χ4v) is 1.90. The molecule has 1 aromatic carbocycles. The molecule has 0 spiro atoms. The third-order valence-corrected chi connectivity index (χ3v) is 2.93. The maximum absolute atomic E-state index is 12.6. The Morgan fingerprint density at radius 2 is 1.33 bits per heavy atom. The van der Waals surface area contributed by atoms with Crippen molar-refractivity contribution in [2.75, 3.05) is 0 Å². The minimum atomic E-state index is -4.81. The number of halogens is 6. The van der Waals surface area contributed by atoms with Gasteiger partial charge in [0.05, 0.1) is 11.1 Å². The number of alkyl halides is 6. The summed E-state index contributed by atoms with van der Waals surface area (Å²) in [6.07, 6.45) is -6.84. The number of carbonyl (C=O) groups is 1. The molecule has 0 unspecified atom stereocenters. The van der Waals surface area contributed by atoms with E-state index < -0.39 is 23.5 Å². The second-order valence-corrected chi connectivity index (χ2v) is 4.68. The molecular formula is C14H14F6O. The van der Waals surface area contributed by atoms with E-state index in [0.717, 1.165) is 18.4 Å². The van der Waals surface area contributed by atoms with Gasteiger partial charge in [-0.05, 0) is 43.0 Å². The Morgan fingerprint density at radius 1 is 0.810 bits per heavy atom. The monoisotopic (exact) mass is 312 g/mol. The van der Waals surface area contributed by atoms with E-state index in [0.29, 0.717) is 25.7 Å². The van der Waals surface area contributed by atoms with Gasteiger partial charge in [0.25, 0.3) is 0 Å². The van der Waals surface area contributed by atoms with Gasteiger partial charge in [0.2, 0.25) is 0 Å². The van der Waals surface area contributed by atoms with Gasteiger partial charge in [-0.2, -0.15) is 26.3 Å². The average Bonchev–Trinajstić information content (AvgIpc) is 2.36. The molecule has 21 heavy (non-hydrogen) atoms. The van der Waals surface area contributed by atoms with Crippen LogP contribution in [-0.4, -0.2) is 6.29 Å². The van der Waals surface area contributed by atoms with Crippen LogP contribution < -0.4 is 0 Å². The number of hydrogen-bond acceptors (Lipinski definition) is 1. The smallest absolute Gasteiger partial charge is 0.303 e. The van der Waals surface area contributed by atoms with Gasteiger partial charge in [-0.1, -0.05) is 6.42 Å². The predicted octanol–water partition coefficient (Wildman–Crippen LogP) is 5.03. The third-order valence-electron chi connectivity index (χ3n) is 2.93. The topological polar surface area (TPSA) is 17.1 Å². The number of hydrogen-bond donors (Lipinski definition) is 0. The molecule has 1 nitrogen and oxygen atoms in total. The van der Waals surface area contributed by atoms with Crippen LogP contribution in [0.1, 0.15) is 42.4 Å². The predicted molar refractivity (Wildman–Crippen MR) is 64.7 cm³/mol. The lowest BCUT2D eigenvalue weighted by Gasteiger charge is -2.14. The Hall–Kier alpha value is -1.53. The Balaban J connectivity index is 2.90. The number of carbonyl (C=O) groups excluding carboxylic acids is 1. The van der Waals surface area contributed by atoms with Gasteiger partial charge in [-0.25, -0.2) is 0 Å². The maximum Gasteiger partial charge on any atom is 0.416 e. The number of benzene rings is 1. The van der Waals surface area contributed by atoms with E-state index in [9.17, 15) is 31.1 Å². The highest BCUT2D eigenvalue weighted by atomic mass is 19.4. The molecule has 0 aliphatic rings. The molecule has 0 radical (unpaired) electrons. The molecule has 7 heteroatoms. The van der Waals surface area contributed by atoms with E-state index in [4.69, 9.17) is 0 Å². The van der Waals surface area contributed by atoms with Crippen LogP contribution in [0.3, 0.4) is 0 Å². The summed E-state index contributed by atoms with van der Waals surface area (Å²) in [5, 5.41) is 0. The largest absolute Gasteiger partial charge is 0.416 e. The highest BCUT2D eigenvalue weighted by Crippen LogP contribution is 2.36. The van der Waals surface area contributed by atoms with E-state index in [1.165, 1.54) is 0 Å². The lowest BCUT2D eigenvalue weighted by atomic mass is 10.00. The summed E-state index contributed by atoms with van der Waals surface area (Å²) in [7, 11) is 0. The summed E-state index contributed by atoms with van der Waals surface area (Å²) in [6, 6.07) is 1.61. The van der Waals surface area contributed by atoms with Crippen LogP contribution in [0, 0.1) is 0 Å². The first-order chi connectivity index (χ1) is 9.64. The summed E-state index contributed by atoms with van der Waals surface area (Å²) in [4.78, 5) is 10.1. The fraction of sp³-hybridized carbons (Fsp3) is 0.500. The van der Waals surface area contributed by atoms with Crippen molar-refractivity contribution in [3.8, 4) is 0 Å². The van der Waals surface area contributed by atoms with Gasteiger partial charge < -0.3 is 4.79 Å². The van der Waals surface area contributed by atoms with Crippen LogP contribution in [-0.2, 0) is 23.6 Å². The summed E-state index contributed by atoms with van der Waals surface area (Å²) >= 11 is 0. The molecule has 0 aromatic heterocycles. The normalized spacial score (nSPS) is 12.5. The molecule has 0 aliphatic heterocycles. The van der Waals surface area contributed by atoms with Gasteiger partial charge >= 0.3 is 12.4 Å². The zero-order valence-electron chi connectivity index (χ0n) is 11.0. The van der Waals surface area contributed by atoms with Crippen molar-refractivity contribution in [1.29, 1.82) is 0 Å². The number of rotatable bonds is 6. The van der Waals surface area contributed by atoms with E-state index in [-0.39, 0.29) is 18.1 Å². The lowest BCUT2D eigenvalue weighted by Crippen LogP contribution is -2.11. The first kappa shape index (κ1) is 17.5.